The molecule has 1 amide bonds. The van der Waals surface area contributed by atoms with Crippen LogP contribution < -0.4 is 5.73 Å². The molecule has 131 valence electrons. The van der Waals surface area contributed by atoms with Gasteiger partial charge in [-0.25, -0.2) is 13.2 Å². The number of halogens is 3. The molecule has 2 heterocycles. The summed E-state index contributed by atoms with van der Waals surface area (Å²) in [7, 11) is 2.03. The Bertz CT molecular complexity index is 640. The number of hydrogen-bond donors (Lipinski definition) is 0. The fourth-order valence-corrected chi connectivity index (χ4v) is 3.87. The Hall–Kier alpha value is -1.60. The van der Waals surface area contributed by atoms with Crippen molar-refractivity contribution in [3.05, 3.63) is 35.1 Å². The quantitative estimate of drug-likeness (QED) is 0.786. The van der Waals surface area contributed by atoms with E-state index in [1.54, 1.807) is 0 Å². The average Bonchev–Trinajstić information content (AvgIpc) is 3.03. The summed E-state index contributed by atoms with van der Waals surface area (Å²) in [5, 5.41) is 0. The Kier molecular flexibility index (Phi) is 4.83. The van der Waals surface area contributed by atoms with Crippen LogP contribution in [-0.2, 0) is 11.2 Å². The molecule has 2 saturated heterocycles. The molecule has 2 aliphatic heterocycles. The van der Waals surface area contributed by atoms with Crippen LogP contribution in [0.5, 0.6) is 0 Å². The summed E-state index contributed by atoms with van der Waals surface area (Å²) < 4.78 is 39.8. The highest BCUT2D eigenvalue weighted by Crippen LogP contribution is 2.31. The SMILES string of the molecule is CN1C[C@@H]2CCN(C(=O)C[C@H]([NH])Cc3cc(F)c(F)cc3F)[C@@H]2C1. The summed E-state index contributed by atoms with van der Waals surface area (Å²) in [6.07, 6.45) is 0.823. The van der Waals surface area contributed by atoms with Crippen LogP contribution in [0.3, 0.4) is 0 Å². The first kappa shape index (κ1) is 17.2. The Morgan fingerprint density at radius 2 is 1.96 bits per heavy atom. The zero-order valence-corrected chi connectivity index (χ0v) is 13.6. The Balaban J connectivity index is 1.60. The van der Waals surface area contributed by atoms with E-state index in [2.05, 4.69) is 4.90 Å². The van der Waals surface area contributed by atoms with Crippen molar-refractivity contribution >= 4 is 5.91 Å². The number of fused-ring (bicyclic) bond motifs is 1. The van der Waals surface area contributed by atoms with Crippen LogP contribution in [0, 0.1) is 23.4 Å². The lowest BCUT2D eigenvalue weighted by Crippen LogP contribution is -2.41. The lowest BCUT2D eigenvalue weighted by molar-refractivity contribution is -0.132. The van der Waals surface area contributed by atoms with Crippen molar-refractivity contribution in [2.24, 2.45) is 5.92 Å². The van der Waals surface area contributed by atoms with E-state index in [9.17, 15) is 18.0 Å². The first-order valence-electron chi connectivity index (χ1n) is 8.17. The van der Waals surface area contributed by atoms with Crippen molar-refractivity contribution in [2.75, 3.05) is 26.7 Å². The fraction of sp³-hybridized carbons (Fsp3) is 0.588. The van der Waals surface area contributed by atoms with Gasteiger partial charge in [0.25, 0.3) is 0 Å². The minimum absolute atomic E-state index is 0.0363. The second-order valence-corrected chi connectivity index (χ2v) is 6.89. The number of nitrogens with one attached hydrogen (secondary N) is 1. The Labute approximate surface area is 139 Å². The molecule has 0 unspecified atom stereocenters. The van der Waals surface area contributed by atoms with Gasteiger partial charge in [0.05, 0.1) is 0 Å². The zero-order chi connectivity index (χ0) is 17.4. The van der Waals surface area contributed by atoms with Crippen molar-refractivity contribution in [3.8, 4) is 0 Å². The molecule has 7 heteroatoms. The maximum absolute atomic E-state index is 13.7. The summed E-state index contributed by atoms with van der Waals surface area (Å²) in [4.78, 5) is 16.5. The maximum Gasteiger partial charge on any atom is 0.224 e. The van der Waals surface area contributed by atoms with Crippen LogP contribution in [0.1, 0.15) is 18.4 Å². The van der Waals surface area contributed by atoms with Crippen LogP contribution >= 0.6 is 0 Å². The predicted octanol–water partition coefficient (Wildman–Crippen LogP) is 1.85. The second kappa shape index (κ2) is 6.72. The molecule has 0 spiro atoms. The molecule has 0 saturated carbocycles. The van der Waals surface area contributed by atoms with E-state index in [0.717, 1.165) is 25.6 Å². The summed E-state index contributed by atoms with van der Waals surface area (Å²) >= 11 is 0. The average molecular weight is 340 g/mol. The van der Waals surface area contributed by atoms with Crippen LogP contribution in [-0.4, -0.2) is 54.5 Å². The molecular weight excluding hydrogens is 319 g/mol. The molecule has 0 aliphatic carbocycles. The summed E-state index contributed by atoms with van der Waals surface area (Å²) in [5.74, 6) is -2.88. The lowest BCUT2D eigenvalue weighted by Gasteiger charge is -2.25. The number of likely N-dealkylation sites (tertiary alicyclic amines) is 2. The molecular formula is C17H21F3N3O. The minimum atomic E-state index is -1.25. The van der Waals surface area contributed by atoms with Gasteiger partial charge < -0.3 is 9.80 Å². The zero-order valence-electron chi connectivity index (χ0n) is 13.6. The smallest absolute Gasteiger partial charge is 0.224 e. The molecule has 0 aromatic heterocycles. The third kappa shape index (κ3) is 3.42. The molecule has 3 atom stereocenters. The van der Waals surface area contributed by atoms with Gasteiger partial charge in [-0.05, 0) is 37.4 Å². The highest BCUT2D eigenvalue weighted by molar-refractivity contribution is 5.77. The molecule has 1 aromatic rings. The Morgan fingerprint density at radius 1 is 1.25 bits per heavy atom. The van der Waals surface area contributed by atoms with Gasteiger partial charge in [0.1, 0.15) is 5.82 Å². The largest absolute Gasteiger partial charge is 0.338 e. The van der Waals surface area contributed by atoms with Crippen molar-refractivity contribution in [1.82, 2.24) is 15.5 Å². The van der Waals surface area contributed by atoms with Gasteiger partial charge in [-0.1, -0.05) is 0 Å². The predicted molar refractivity (Wildman–Crippen MR) is 82.6 cm³/mol. The summed E-state index contributed by atoms with van der Waals surface area (Å²) in [5.41, 5.74) is 7.94. The topological polar surface area (TPSA) is 47.4 Å². The molecule has 4 nitrogen and oxygen atoms in total. The molecule has 2 aliphatic rings. The number of amides is 1. The number of hydrogen-bond acceptors (Lipinski definition) is 2. The van der Waals surface area contributed by atoms with E-state index < -0.39 is 23.5 Å². The van der Waals surface area contributed by atoms with Crippen LogP contribution in [0.4, 0.5) is 13.2 Å². The Morgan fingerprint density at radius 3 is 2.71 bits per heavy atom. The second-order valence-electron chi connectivity index (χ2n) is 6.89. The molecule has 3 rings (SSSR count). The maximum atomic E-state index is 13.7. The van der Waals surface area contributed by atoms with Gasteiger partial charge in [-0.15, -0.1) is 0 Å². The number of likely N-dealkylation sites (N-methyl/N-ethyl adjacent to an activating group) is 1. The van der Waals surface area contributed by atoms with E-state index >= 15 is 0 Å². The van der Waals surface area contributed by atoms with E-state index in [1.165, 1.54) is 0 Å². The van der Waals surface area contributed by atoms with Crippen molar-refractivity contribution in [3.63, 3.8) is 0 Å². The normalized spacial score (nSPS) is 25.1. The van der Waals surface area contributed by atoms with E-state index in [1.807, 2.05) is 11.9 Å². The molecule has 24 heavy (non-hydrogen) atoms. The summed E-state index contributed by atoms with van der Waals surface area (Å²) in [6.45, 7) is 2.53. The van der Waals surface area contributed by atoms with Gasteiger partial charge in [-0.2, -0.15) is 0 Å². The monoisotopic (exact) mass is 340 g/mol. The van der Waals surface area contributed by atoms with Gasteiger partial charge in [0.15, 0.2) is 11.6 Å². The van der Waals surface area contributed by atoms with Crippen molar-refractivity contribution < 1.29 is 18.0 Å². The third-order valence-corrected chi connectivity index (χ3v) is 5.03. The fourth-order valence-electron chi connectivity index (χ4n) is 3.87. The highest BCUT2D eigenvalue weighted by atomic mass is 19.2. The van der Waals surface area contributed by atoms with Gasteiger partial charge >= 0.3 is 0 Å². The lowest BCUT2D eigenvalue weighted by atomic mass is 10.0. The van der Waals surface area contributed by atoms with E-state index in [0.29, 0.717) is 18.5 Å². The first-order chi connectivity index (χ1) is 11.3. The number of carbonyl (C=O) groups excluding carboxylic acids is 1. The number of benzene rings is 1. The van der Waals surface area contributed by atoms with Crippen LogP contribution in [0.25, 0.3) is 0 Å². The summed E-state index contributed by atoms with van der Waals surface area (Å²) in [6, 6.07) is 0.581. The van der Waals surface area contributed by atoms with Gasteiger partial charge in [0.2, 0.25) is 5.91 Å². The van der Waals surface area contributed by atoms with E-state index in [-0.39, 0.29) is 30.4 Å². The number of nitrogens with zero attached hydrogens (tertiary/aromatic N) is 2. The molecule has 2 fully saturated rings. The number of carbonyl (C=O) groups is 1. The van der Waals surface area contributed by atoms with Crippen LogP contribution in [0.2, 0.25) is 0 Å². The van der Waals surface area contributed by atoms with Gasteiger partial charge in [-0.3, -0.25) is 10.5 Å². The van der Waals surface area contributed by atoms with Crippen LogP contribution in [0.15, 0.2) is 12.1 Å². The molecule has 0 bridgehead atoms. The third-order valence-electron chi connectivity index (χ3n) is 5.03. The van der Waals surface area contributed by atoms with Crippen molar-refractivity contribution in [2.45, 2.75) is 31.3 Å². The first-order valence-corrected chi connectivity index (χ1v) is 8.17. The highest BCUT2D eigenvalue weighted by Gasteiger charge is 2.42. The standard InChI is InChI=1S/C17H21F3N3O/c1-22-8-10-2-3-23(16(10)9-22)17(24)6-12(21)4-11-5-14(19)15(20)7-13(11)18/h5,7,10,12,16,21H,2-4,6,8-9H2,1H3/t10-,12+,16+/m0/s1. The minimum Gasteiger partial charge on any atom is -0.338 e. The van der Waals surface area contributed by atoms with Crippen molar-refractivity contribution in [1.29, 1.82) is 0 Å². The molecule has 1 radical (unpaired) electrons. The van der Waals surface area contributed by atoms with E-state index in [4.69, 9.17) is 5.73 Å². The number of rotatable bonds is 4. The molecule has 1 aromatic carbocycles. The molecule has 1 N–H and O–H groups in total. The van der Waals surface area contributed by atoms with Gasteiger partial charge in [0, 0.05) is 44.2 Å².